The smallest absolute Gasteiger partial charge is 0.335 e. The minimum atomic E-state index is -1.13. The predicted molar refractivity (Wildman–Crippen MR) is 67.1 cm³/mol. The quantitative estimate of drug-likeness (QED) is 0.810. The van der Waals surface area contributed by atoms with Gasteiger partial charge in [0.1, 0.15) is 5.82 Å². The molecule has 0 saturated carbocycles. The minimum absolute atomic E-state index is 0.0457. The van der Waals surface area contributed by atoms with Crippen molar-refractivity contribution in [1.29, 1.82) is 0 Å². The minimum Gasteiger partial charge on any atom is -0.478 e. The van der Waals surface area contributed by atoms with Crippen LogP contribution < -0.4 is 0 Å². The summed E-state index contributed by atoms with van der Waals surface area (Å²) in [6, 6.07) is 3.87. The monoisotopic (exact) mass is 254 g/mol. The van der Waals surface area contributed by atoms with E-state index in [-0.39, 0.29) is 12.2 Å². The molecule has 0 aromatic heterocycles. The molecule has 0 amide bonds. The van der Waals surface area contributed by atoms with E-state index in [1.165, 1.54) is 12.1 Å². The molecule has 1 rings (SSSR count). The van der Waals surface area contributed by atoms with E-state index in [4.69, 9.17) is 9.84 Å². The number of rotatable bonds is 7. The maximum Gasteiger partial charge on any atom is 0.335 e. The zero-order chi connectivity index (χ0) is 13.5. The zero-order valence-corrected chi connectivity index (χ0v) is 10.8. The topological polar surface area (TPSA) is 46.5 Å². The third-order valence-corrected chi connectivity index (χ3v) is 2.74. The van der Waals surface area contributed by atoms with Crippen LogP contribution in [0.3, 0.4) is 0 Å². The number of benzene rings is 1. The number of ether oxygens (including phenoxy) is 1. The summed E-state index contributed by atoms with van der Waals surface area (Å²) in [4.78, 5) is 10.6. The summed E-state index contributed by atoms with van der Waals surface area (Å²) in [5.74, 6) is -1.20. The molecule has 0 fully saturated rings. The molecule has 0 radical (unpaired) electrons. The van der Waals surface area contributed by atoms with E-state index in [0.29, 0.717) is 18.1 Å². The number of hydrogen-bond acceptors (Lipinski definition) is 2. The van der Waals surface area contributed by atoms with Crippen molar-refractivity contribution in [1.82, 2.24) is 0 Å². The molecule has 0 bridgehead atoms. The lowest BCUT2D eigenvalue weighted by molar-refractivity contribution is 0.0695. The lowest BCUT2D eigenvalue weighted by Gasteiger charge is -2.11. The summed E-state index contributed by atoms with van der Waals surface area (Å²) < 4.78 is 19.0. The van der Waals surface area contributed by atoms with Crippen LogP contribution in [0.15, 0.2) is 18.2 Å². The lowest BCUT2D eigenvalue weighted by Crippen LogP contribution is -2.07. The van der Waals surface area contributed by atoms with Gasteiger partial charge in [-0.05, 0) is 24.5 Å². The molecule has 0 saturated heterocycles. The van der Waals surface area contributed by atoms with E-state index in [1.54, 1.807) is 0 Å². The Bertz CT molecular complexity index is 404. The van der Waals surface area contributed by atoms with Crippen LogP contribution in [0.2, 0.25) is 0 Å². The van der Waals surface area contributed by atoms with Crippen LogP contribution in [0.5, 0.6) is 0 Å². The van der Waals surface area contributed by atoms with Crippen LogP contribution in [0.1, 0.15) is 42.6 Å². The van der Waals surface area contributed by atoms with Gasteiger partial charge in [0.15, 0.2) is 0 Å². The van der Waals surface area contributed by atoms with Gasteiger partial charge in [-0.25, -0.2) is 9.18 Å². The van der Waals surface area contributed by atoms with Crippen molar-refractivity contribution >= 4 is 5.97 Å². The van der Waals surface area contributed by atoms with Crippen molar-refractivity contribution in [3.05, 3.63) is 35.1 Å². The molecule has 1 aromatic rings. The van der Waals surface area contributed by atoms with Crippen LogP contribution in [-0.2, 0) is 11.3 Å². The van der Waals surface area contributed by atoms with Gasteiger partial charge in [-0.1, -0.05) is 26.3 Å². The van der Waals surface area contributed by atoms with Gasteiger partial charge in [-0.15, -0.1) is 0 Å². The molecule has 0 spiro atoms. The third-order valence-electron chi connectivity index (χ3n) is 2.74. The number of halogens is 1. The Hall–Kier alpha value is -1.42. The first-order valence-electron chi connectivity index (χ1n) is 6.14. The summed E-state index contributed by atoms with van der Waals surface area (Å²) in [6.45, 7) is 4.97. The molecule has 0 aliphatic rings. The molecule has 18 heavy (non-hydrogen) atoms. The Morgan fingerprint density at radius 2 is 2.22 bits per heavy atom. The van der Waals surface area contributed by atoms with E-state index < -0.39 is 11.8 Å². The van der Waals surface area contributed by atoms with Crippen LogP contribution in [0, 0.1) is 11.7 Å². The second-order valence-electron chi connectivity index (χ2n) is 4.52. The normalized spacial score (nSPS) is 12.4. The highest BCUT2D eigenvalue weighted by atomic mass is 19.1. The van der Waals surface area contributed by atoms with Crippen molar-refractivity contribution < 1.29 is 19.0 Å². The standard InChI is InChI=1S/C14H19FO3/c1-3-4-10(2)8-18-9-12-6-5-11(14(16)17)7-13(12)15/h5-7,10H,3-4,8-9H2,1-2H3,(H,16,17). The molecule has 100 valence electrons. The first-order valence-corrected chi connectivity index (χ1v) is 6.14. The Morgan fingerprint density at radius 3 is 2.78 bits per heavy atom. The molecule has 1 aromatic carbocycles. The largest absolute Gasteiger partial charge is 0.478 e. The molecular weight excluding hydrogens is 235 g/mol. The first-order chi connectivity index (χ1) is 8.54. The lowest BCUT2D eigenvalue weighted by atomic mass is 10.1. The SMILES string of the molecule is CCCC(C)COCc1ccc(C(=O)O)cc1F. The van der Waals surface area contributed by atoms with Crippen LogP contribution in [0.25, 0.3) is 0 Å². The molecule has 3 nitrogen and oxygen atoms in total. The van der Waals surface area contributed by atoms with Gasteiger partial charge in [0.2, 0.25) is 0 Å². The van der Waals surface area contributed by atoms with E-state index in [1.807, 2.05) is 0 Å². The van der Waals surface area contributed by atoms with Crippen molar-refractivity contribution in [3.8, 4) is 0 Å². The van der Waals surface area contributed by atoms with Crippen molar-refractivity contribution in [2.24, 2.45) is 5.92 Å². The number of carboxylic acid groups (broad SMARTS) is 1. The molecule has 0 aliphatic carbocycles. The fourth-order valence-corrected chi connectivity index (χ4v) is 1.74. The summed E-state index contributed by atoms with van der Waals surface area (Å²) in [5.41, 5.74) is 0.347. The fraction of sp³-hybridized carbons (Fsp3) is 0.500. The molecular formula is C14H19FO3. The van der Waals surface area contributed by atoms with E-state index in [0.717, 1.165) is 18.9 Å². The van der Waals surface area contributed by atoms with Crippen LogP contribution in [0.4, 0.5) is 4.39 Å². The van der Waals surface area contributed by atoms with Gasteiger partial charge in [0, 0.05) is 12.2 Å². The van der Waals surface area contributed by atoms with Gasteiger partial charge in [-0.3, -0.25) is 0 Å². The molecule has 1 atom stereocenters. The molecule has 1 N–H and O–H groups in total. The Kier molecular flexibility index (Phi) is 5.78. The second kappa shape index (κ2) is 7.11. The molecule has 1 unspecified atom stereocenters. The highest BCUT2D eigenvalue weighted by molar-refractivity contribution is 5.87. The van der Waals surface area contributed by atoms with E-state index in [2.05, 4.69) is 13.8 Å². The van der Waals surface area contributed by atoms with Crippen molar-refractivity contribution in [2.45, 2.75) is 33.3 Å². The highest BCUT2D eigenvalue weighted by Crippen LogP contribution is 2.13. The van der Waals surface area contributed by atoms with Gasteiger partial charge in [0.25, 0.3) is 0 Å². The Balaban J connectivity index is 2.50. The second-order valence-corrected chi connectivity index (χ2v) is 4.52. The van der Waals surface area contributed by atoms with Gasteiger partial charge in [0.05, 0.1) is 12.2 Å². The van der Waals surface area contributed by atoms with Gasteiger partial charge < -0.3 is 9.84 Å². The fourth-order valence-electron chi connectivity index (χ4n) is 1.74. The molecule has 0 heterocycles. The highest BCUT2D eigenvalue weighted by Gasteiger charge is 2.09. The number of carbonyl (C=O) groups is 1. The average molecular weight is 254 g/mol. The summed E-state index contributed by atoms with van der Waals surface area (Å²) in [6.07, 6.45) is 2.19. The maximum atomic E-state index is 13.5. The zero-order valence-electron chi connectivity index (χ0n) is 10.8. The Morgan fingerprint density at radius 1 is 1.50 bits per heavy atom. The van der Waals surface area contributed by atoms with Crippen LogP contribution in [-0.4, -0.2) is 17.7 Å². The summed E-state index contributed by atoms with van der Waals surface area (Å²) in [7, 11) is 0. The molecule has 0 aliphatic heterocycles. The maximum absolute atomic E-state index is 13.5. The Labute approximate surface area is 107 Å². The number of carboxylic acids is 1. The third kappa shape index (κ3) is 4.45. The summed E-state index contributed by atoms with van der Waals surface area (Å²) in [5, 5.41) is 8.71. The van der Waals surface area contributed by atoms with E-state index in [9.17, 15) is 9.18 Å². The molecule has 4 heteroatoms. The van der Waals surface area contributed by atoms with Gasteiger partial charge in [-0.2, -0.15) is 0 Å². The van der Waals surface area contributed by atoms with E-state index >= 15 is 0 Å². The van der Waals surface area contributed by atoms with Gasteiger partial charge >= 0.3 is 5.97 Å². The van der Waals surface area contributed by atoms with Crippen LogP contribution >= 0.6 is 0 Å². The first kappa shape index (κ1) is 14.6. The average Bonchev–Trinajstić information content (AvgIpc) is 2.31. The summed E-state index contributed by atoms with van der Waals surface area (Å²) >= 11 is 0. The van der Waals surface area contributed by atoms with Crippen molar-refractivity contribution in [3.63, 3.8) is 0 Å². The number of hydrogen-bond donors (Lipinski definition) is 1. The number of aromatic carboxylic acids is 1. The van der Waals surface area contributed by atoms with Crippen molar-refractivity contribution in [2.75, 3.05) is 6.61 Å². The predicted octanol–water partition coefficient (Wildman–Crippen LogP) is 3.48.